The molecule has 1 aromatic carbocycles. The van der Waals surface area contributed by atoms with Gasteiger partial charge in [-0.25, -0.2) is 4.99 Å². The number of hydrogen-bond donors (Lipinski definition) is 2. The van der Waals surface area contributed by atoms with Gasteiger partial charge in [0.15, 0.2) is 5.96 Å². The van der Waals surface area contributed by atoms with E-state index in [1.54, 1.807) is 0 Å². The molecule has 1 rings (SSSR count). The number of hydrogen-bond acceptors (Lipinski definition) is 3. The molecule has 0 aliphatic carbocycles. The second-order valence-electron chi connectivity index (χ2n) is 7.11. The van der Waals surface area contributed by atoms with Crippen molar-refractivity contribution in [3.8, 4) is 0 Å². The first kappa shape index (κ1) is 25.0. The van der Waals surface area contributed by atoms with Crippen LogP contribution in [0.1, 0.15) is 40.2 Å². The number of aliphatic imine (C=N–C) groups is 1. The number of rotatable bonds is 9. The number of anilines is 1. The van der Waals surface area contributed by atoms with Gasteiger partial charge in [0, 0.05) is 51.5 Å². The van der Waals surface area contributed by atoms with Crippen LogP contribution in [0.5, 0.6) is 0 Å². The van der Waals surface area contributed by atoms with Crippen molar-refractivity contribution in [3.05, 3.63) is 29.8 Å². The van der Waals surface area contributed by atoms with Gasteiger partial charge in [0.25, 0.3) is 0 Å². The van der Waals surface area contributed by atoms with Crippen molar-refractivity contribution >= 4 is 35.6 Å². The number of guanidine groups is 1. The Labute approximate surface area is 177 Å². The van der Waals surface area contributed by atoms with E-state index in [0.717, 1.165) is 25.6 Å². The van der Waals surface area contributed by atoms with E-state index >= 15 is 0 Å². The van der Waals surface area contributed by atoms with Gasteiger partial charge in [0.1, 0.15) is 0 Å². The molecule has 0 spiro atoms. The van der Waals surface area contributed by atoms with E-state index in [1.807, 2.05) is 0 Å². The minimum absolute atomic E-state index is 0. The molecule has 1 aromatic rings. The lowest BCUT2D eigenvalue weighted by atomic mass is 10.2. The predicted octanol–water partition coefficient (Wildman–Crippen LogP) is 3.54. The van der Waals surface area contributed by atoms with Crippen molar-refractivity contribution in [2.24, 2.45) is 4.99 Å². The highest BCUT2D eigenvalue weighted by molar-refractivity contribution is 14.0. The summed E-state index contributed by atoms with van der Waals surface area (Å²) in [4.78, 5) is 9.29. The maximum absolute atomic E-state index is 4.71. The molecule has 26 heavy (non-hydrogen) atoms. The molecule has 0 amide bonds. The second-order valence-corrected chi connectivity index (χ2v) is 7.11. The molecule has 6 heteroatoms. The molecular weight excluding hydrogens is 437 g/mol. The highest BCUT2D eigenvalue weighted by Gasteiger charge is 2.12. The Hall–Kier alpha value is -1.02. The highest BCUT2D eigenvalue weighted by atomic mass is 127. The molecule has 0 unspecified atom stereocenters. The van der Waals surface area contributed by atoms with Crippen LogP contribution in [0.3, 0.4) is 0 Å². The van der Waals surface area contributed by atoms with Gasteiger partial charge >= 0.3 is 0 Å². The van der Waals surface area contributed by atoms with Crippen molar-refractivity contribution in [2.45, 2.75) is 53.2 Å². The van der Waals surface area contributed by atoms with Crippen LogP contribution in [-0.2, 0) is 6.54 Å². The van der Waals surface area contributed by atoms with Gasteiger partial charge in [-0.2, -0.15) is 0 Å². The number of nitrogens with zero attached hydrogens (tertiary/aromatic N) is 3. The maximum atomic E-state index is 4.71. The Kier molecular flexibility index (Phi) is 12.7. The molecule has 0 saturated carbocycles. The van der Waals surface area contributed by atoms with Gasteiger partial charge in [-0.05, 0) is 52.3 Å². The van der Waals surface area contributed by atoms with Crippen molar-refractivity contribution < 1.29 is 0 Å². The van der Waals surface area contributed by atoms with Gasteiger partial charge in [0.05, 0.1) is 6.54 Å². The summed E-state index contributed by atoms with van der Waals surface area (Å²) in [6.45, 7) is 14.5. The van der Waals surface area contributed by atoms with Gasteiger partial charge in [0.2, 0.25) is 0 Å². The number of nitrogens with one attached hydrogen (secondary N) is 2. The summed E-state index contributed by atoms with van der Waals surface area (Å²) in [6, 6.07) is 9.65. The molecule has 0 atom stereocenters. The molecule has 0 bridgehead atoms. The lowest BCUT2D eigenvalue weighted by Crippen LogP contribution is -2.45. The fourth-order valence-electron chi connectivity index (χ4n) is 2.83. The first-order chi connectivity index (χ1) is 11.8. The largest absolute Gasteiger partial charge is 0.378 e. The van der Waals surface area contributed by atoms with Crippen molar-refractivity contribution in [1.29, 1.82) is 0 Å². The smallest absolute Gasteiger partial charge is 0.191 e. The molecule has 5 nitrogen and oxygen atoms in total. The Bertz CT molecular complexity index is 503. The van der Waals surface area contributed by atoms with E-state index < -0.39 is 0 Å². The van der Waals surface area contributed by atoms with Gasteiger partial charge < -0.3 is 15.5 Å². The van der Waals surface area contributed by atoms with Crippen molar-refractivity contribution in [2.75, 3.05) is 38.6 Å². The monoisotopic (exact) mass is 475 g/mol. The third-order valence-electron chi connectivity index (χ3n) is 4.21. The van der Waals surface area contributed by atoms with Crippen LogP contribution in [0, 0.1) is 0 Å². The van der Waals surface area contributed by atoms with Crippen LogP contribution in [0.4, 0.5) is 5.69 Å². The molecular formula is C20H38IN5. The van der Waals surface area contributed by atoms with Crippen LogP contribution in [-0.4, -0.2) is 56.7 Å². The Morgan fingerprint density at radius 1 is 1.00 bits per heavy atom. The maximum Gasteiger partial charge on any atom is 0.191 e. The zero-order chi connectivity index (χ0) is 18.8. The molecule has 0 aliphatic rings. The van der Waals surface area contributed by atoms with E-state index in [4.69, 9.17) is 4.99 Å². The highest BCUT2D eigenvalue weighted by Crippen LogP contribution is 2.12. The topological polar surface area (TPSA) is 42.9 Å². The molecule has 0 fully saturated rings. The van der Waals surface area contributed by atoms with Crippen LogP contribution in [0.2, 0.25) is 0 Å². The quantitative estimate of drug-likeness (QED) is 0.326. The summed E-state index contributed by atoms with van der Waals surface area (Å²) in [5.41, 5.74) is 2.43. The van der Waals surface area contributed by atoms with Crippen LogP contribution < -0.4 is 15.5 Å². The zero-order valence-electron chi connectivity index (χ0n) is 17.5. The Morgan fingerprint density at radius 3 is 2.04 bits per heavy atom. The summed E-state index contributed by atoms with van der Waals surface area (Å²) in [6.07, 6.45) is 0. The minimum Gasteiger partial charge on any atom is -0.378 e. The van der Waals surface area contributed by atoms with Crippen molar-refractivity contribution in [1.82, 2.24) is 15.5 Å². The molecule has 0 aromatic heterocycles. The molecule has 0 radical (unpaired) electrons. The van der Waals surface area contributed by atoms with E-state index in [1.165, 1.54) is 11.3 Å². The third-order valence-corrected chi connectivity index (χ3v) is 4.21. The summed E-state index contributed by atoms with van der Waals surface area (Å²) in [5, 5.41) is 6.78. The average molecular weight is 475 g/mol. The summed E-state index contributed by atoms with van der Waals surface area (Å²) < 4.78 is 0. The second kappa shape index (κ2) is 13.2. The standard InChI is InChI=1S/C20H37N5.HI/c1-8-21-20(22-13-14-25(16(2)3)17(4)5)23-15-18-9-11-19(12-10-18)24(6)7;/h9-12,16-17H,8,13-15H2,1-7H3,(H2,21,22,23);1H. The van der Waals surface area contributed by atoms with E-state index in [-0.39, 0.29) is 24.0 Å². The first-order valence-electron chi connectivity index (χ1n) is 9.39. The average Bonchev–Trinajstić information content (AvgIpc) is 2.56. The summed E-state index contributed by atoms with van der Waals surface area (Å²) in [5.74, 6) is 0.881. The van der Waals surface area contributed by atoms with Gasteiger partial charge in [-0.15, -0.1) is 24.0 Å². The fourth-order valence-corrected chi connectivity index (χ4v) is 2.83. The SMILES string of the molecule is CCNC(=NCc1ccc(N(C)C)cc1)NCCN(C(C)C)C(C)C.I. The molecule has 2 N–H and O–H groups in total. The predicted molar refractivity (Wildman–Crippen MR) is 126 cm³/mol. The lowest BCUT2D eigenvalue weighted by molar-refractivity contribution is 0.178. The molecule has 0 heterocycles. The lowest BCUT2D eigenvalue weighted by Gasteiger charge is -2.30. The van der Waals surface area contributed by atoms with Crippen LogP contribution in [0.15, 0.2) is 29.3 Å². The van der Waals surface area contributed by atoms with E-state index in [2.05, 4.69) is 93.4 Å². The van der Waals surface area contributed by atoms with Gasteiger partial charge in [-0.3, -0.25) is 4.90 Å². The zero-order valence-corrected chi connectivity index (χ0v) is 19.9. The fraction of sp³-hybridized carbons (Fsp3) is 0.650. The molecule has 0 saturated heterocycles. The van der Waals surface area contributed by atoms with E-state index in [9.17, 15) is 0 Å². The third kappa shape index (κ3) is 9.07. The molecule has 0 aliphatic heterocycles. The first-order valence-corrected chi connectivity index (χ1v) is 9.39. The van der Waals surface area contributed by atoms with Crippen LogP contribution in [0.25, 0.3) is 0 Å². The normalized spacial score (nSPS) is 11.7. The van der Waals surface area contributed by atoms with Gasteiger partial charge in [-0.1, -0.05) is 12.1 Å². The summed E-state index contributed by atoms with van der Waals surface area (Å²) >= 11 is 0. The Morgan fingerprint density at radius 2 is 1.58 bits per heavy atom. The number of halogens is 1. The van der Waals surface area contributed by atoms with Crippen molar-refractivity contribution in [3.63, 3.8) is 0 Å². The van der Waals surface area contributed by atoms with E-state index in [0.29, 0.717) is 18.6 Å². The van der Waals surface area contributed by atoms with Crippen LogP contribution >= 0.6 is 24.0 Å². The molecule has 150 valence electrons. The summed E-state index contributed by atoms with van der Waals surface area (Å²) in [7, 11) is 4.11. The minimum atomic E-state index is 0. The number of benzene rings is 1. The Balaban J connectivity index is 0.00000625.